The van der Waals surface area contributed by atoms with Gasteiger partial charge in [0.05, 0.1) is 28.2 Å². The number of nitrogens with zero attached hydrogens (tertiary/aromatic N) is 3. The monoisotopic (exact) mass is 287 g/mol. The molecule has 3 rings (SSSR count). The maximum absolute atomic E-state index is 13.9. The summed E-state index contributed by atoms with van der Waals surface area (Å²) in [6, 6.07) is 7.94. The van der Waals surface area contributed by atoms with E-state index < -0.39 is 23.0 Å². The molecule has 2 aromatic carbocycles. The van der Waals surface area contributed by atoms with E-state index in [4.69, 9.17) is 5.26 Å². The molecule has 3 aromatic rings. The Hall–Kier alpha value is -2.81. The molecule has 0 saturated carbocycles. The van der Waals surface area contributed by atoms with Gasteiger partial charge in [0.25, 0.3) is 0 Å². The van der Waals surface area contributed by atoms with Crippen molar-refractivity contribution in [3.63, 3.8) is 0 Å². The summed E-state index contributed by atoms with van der Waals surface area (Å²) >= 11 is 0. The predicted octanol–water partition coefficient (Wildman–Crippen LogP) is 3.53. The Bertz CT molecular complexity index is 883. The molecule has 0 bridgehead atoms. The minimum Gasteiger partial charge on any atom is -0.327 e. The number of aryl methyl sites for hydroxylation is 1. The van der Waals surface area contributed by atoms with E-state index in [2.05, 4.69) is 4.98 Å². The third kappa shape index (κ3) is 2.03. The van der Waals surface area contributed by atoms with Gasteiger partial charge >= 0.3 is 0 Å². The van der Waals surface area contributed by atoms with E-state index in [-0.39, 0.29) is 5.82 Å². The molecule has 0 saturated heterocycles. The molecule has 0 aliphatic heterocycles. The van der Waals surface area contributed by atoms with Crippen LogP contribution in [-0.2, 0) is 7.05 Å². The van der Waals surface area contributed by atoms with E-state index in [1.165, 1.54) is 4.57 Å². The Morgan fingerprint density at radius 1 is 1.10 bits per heavy atom. The average Bonchev–Trinajstić information content (AvgIpc) is 2.75. The summed E-state index contributed by atoms with van der Waals surface area (Å²) < 4.78 is 42.2. The number of imidazole rings is 1. The number of nitriles is 1. The van der Waals surface area contributed by atoms with Crippen molar-refractivity contribution in [3.05, 3.63) is 53.3 Å². The standard InChI is InChI=1S/C15H8F3N3/c1-21-13-4-8(7-19)2-3-12(13)20-15(21)14-10(17)5-9(16)6-11(14)18/h2-6H,1H3. The van der Waals surface area contributed by atoms with Crippen molar-refractivity contribution in [1.29, 1.82) is 5.26 Å². The lowest BCUT2D eigenvalue weighted by atomic mass is 10.2. The Kier molecular flexibility index (Phi) is 2.91. The summed E-state index contributed by atoms with van der Waals surface area (Å²) in [7, 11) is 1.58. The van der Waals surface area contributed by atoms with Gasteiger partial charge in [0, 0.05) is 19.2 Å². The van der Waals surface area contributed by atoms with Crippen molar-refractivity contribution in [2.24, 2.45) is 7.05 Å². The van der Waals surface area contributed by atoms with Gasteiger partial charge < -0.3 is 4.57 Å². The summed E-state index contributed by atoms with van der Waals surface area (Å²) in [6.07, 6.45) is 0. The SMILES string of the molecule is Cn1c(-c2c(F)cc(F)cc2F)nc2ccc(C#N)cc21. The van der Waals surface area contributed by atoms with E-state index in [1.54, 1.807) is 25.2 Å². The first-order valence-corrected chi connectivity index (χ1v) is 6.02. The number of rotatable bonds is 1. The summed E-state index contributed by atoms with van der Waals surface area (Å²) in [4.78, 5) is 4.16. The highest BCUT2D eigenvalue weighted by atomic mass is 19.1. The van der Waals surface area contributed by atoms with Crippen LogP contribution < -0.4 is 0 Å². The molecule has 0 N–H and O–H groups in total. The zero-order chi connectivity index (χ0) is 15.1. The van der Waals surface area contributed by atoms with Gasteiger partial charge in [0.2, 0.25) is 0 Å². The fraction of sp³-hybridized carbons (Fsp3) is 0.0667. The highest BCUT2D eigenvalue weighted by Crippen LogP contribution is 2.29. The molecule has 6 heteroatoms. The minimum absolute atomic E-state index is 0.0371. The van der Waals surface area contributed by atoms with Crippen LogP contribution >= 0.6 is 0 Å². The molecule has 1 aromatic heterocycles. The van der Waals surface area contributed by atoms with Crippen LogP contribution in [0.2, 0.25) is 0 Å². The predicted molar refractivity (Wildman–Crippen MR) is 70.7 cm³/mol. The molecule has 0 atom stereocenters. The summed E-state index contributed by atoms with van der Waals surface area (Å²) in [5.74, 6) is -2.99. The summed E-state index contributed by atoms with van der Waals surface area (Å²) in [5, 5.41) is 8.89. The maximum atomic E-state index is 13.9. The molecule has 0 amide bonds. The fourth-order valence-corrected chi connectivity index (χ4v) is 2.24. The third-order valence-electron chi connectivity index (χ3n) is 3.24. The van der Waals surface area contributed by atoms with Crippen LogP contribution in [0.3, 0.4) is 0 Å². The van der Waals surface area contributed by atoms with Crippen molar-refractivity contribution >= 4 is 11.0 Å². The molecular formula is C15H8F3N3. The Labute approximate surface area is 117 Å². The molecule has 0 aliphatic carbocycles. The second-order valence-corrected chi connectivity index (χ2v) is 4.55. The first-order valence-electron chi connectivity index (χ1n) is 6.02. The van der Waals surface area contributed by atoms with E-state index >= 15 is 0 Å². The van der Waals surface area contributed by atoms with Gasteiger partial charge in [-0.25, -0.2) is 18.2 Å². The fourth-order valence-electron chi connectivity index (χ4n) is 2.24. The second-order valence-electron chi connectivity index (χ2n) is 4.55. The Balaban J connectivity index is 2.32. The highest BCUT2D eigenvalue weighted by molar-refractivity contribution is 5.82. The second kappa shape index (κ2) is 4.63. The van der Waals surface area contributed by atoms with E-state index in [0.717, 1.165) is 0 Å². The van der Waals surface area contributed by atoms with Crippen molar-refractivity contribution in [2.45, 2.75) is 0 Å². The number of benzene rings is 2. The lowest BCUT2D eigenvalue weighted by Crippen LogP contribution is -1.99. The van der Waals surface area contributed by atoms with Crippen LogP contribution in [0.15, 0.2) is 30.3 Å². The van der Waals surface area contributed by atoms with Gasteiger partial charge in [-0.15, -0.1) is 0 Å². The van der Waals surface area contributed by atoms with Gasteiger partial charge in [-0.3, -0.25) is 0 Å². The van der Waals surface area contributed by atoms with Crippen LogP contribution in [0.25, 0.3) is 22.4 Å². The molecule has 0 spiro atoms. The number of aromatic nitrogens is 2. The minimum atomic E-state index is -1.02. The zero-order valence-corrected chi connectivity index (χ0v) is 10.9. The molecule has 0 aliphatic rings. The first kappa shape index (κ1) is 13.2. The van der Waals surface area contributed by atoms with Gasteiger partial charge in [-0.1, -0.05) is 0 Å². The number of halogens is 3. The molecule has 0 radical (unpaired) electrons. The molecular weight excluding hydrogens is 279 g/mol. The van der Waals surface area contributed by atoms with Gasteiger partial charge in [-0.05, 0) is 18.2 Å². The Morgan fingerprint density at radius 2 is 1.76 bits per heavy atom. The highest BCUT2D eigenvalue weighted by Gasteiger charge is 2.19. The lowest BCUT2D eigenvalue weighted by molar-refractivity contribution is 0.546. The topological polar surface area (TPSA) is 41.6 Å². The average molecular weight is 287 g/mol. The van der Waals surface area contributed by atoms with Crippen LogP contribution in [-0.4, -0.2) is 9.55 Å². The number of hydrogen-bond acceptors (Lipinski definition) is 2. The van der Waals surface area contributed by atoms with E-state index in [1.807, 2.05) is 6.07 Å². The molecule has 3 nitrogen and oxygen atoms in total. The van der Waals surface area contributed by atoms with Crippen LogP contribution in [0.4, 0.5) is 13.2 Å². The Morgan fingerprint density at radius 3 is 2.38 bits per heavy atom. The molecule has 0 unspecified atom stereocenters. The first-order chi connectivity index (χ1) is 10.0. The molecule has 0 fully saturated rings. The quantitative estimate of drug-likeness (QED) is 0.687. The van der Waals surface area contributed by atoms with Crippen LogP contribution in [0.5, 0.6) is 0 Å². The van der Waals surface area contributed by atoms with Gasteiger partial charge in [-0.2, -0.15) is 5.26 Å². The van der Waals surface area contributed by atoms with Gasteiger partial charge in [0.1, 0.15) is 23.3 Å². The van der Waals surface area contributed by atoms with E-state index in [0.29, 0.717) is 28.7 Å². The summed E-state index contributed by atoms with van der Waals surface area (Å²) in [6.45, 7) is 0. The molecule has 1 heterocycles. The maximum Gasteiger partial charge on any atom is 0.146 e. The van der Waals surface area contributed by atoms with Crippen molar-refractivity contribution in [1.82, 2.24) is 9.55 Å². The van der Waals surface area contributed by atoms with Crippen LogP contribution in [0.1, 0.15) is 5.56 Å². The number of hydrogen-bond donors (Lipinski definition) is 0. The largest absolute Gasteiger partial charge is 0.327 e. The molecule has 104 valence electrons. The van der Waals surface area contributed by atoms with Crippen molar-refractivity contribution < 1.29 is 13.2 Å². The van der Waals surface area contributed by atoms with Crippen LogP contribution in [0, 0.1) is 28.8 Å². The zero-order valence-electron chi connectivity index (χ0n) is 10.9. The molecule has 21 heavy (non-hydrogen) atoms. The third-order valence-corrected chi connectivity index (χ3v) is 3.24. The lowest BCUT2D eigenvalue weighted by Gasteiger charge is -2.05. The normalized spacial score (nSPS) is 10.8. The van der Waals surface area contributed by atoms with Crippen molar-refractivity contribution in [3.8, 4) is 17.5 Å². The van der Waals surface area contributed by atoms with Crippen molar-refractivity contribution in [2.75, 3.05) is 0 Å². The smallest absolute Gasteiger partial charge is 0.146 e. The van der Waals surface area contributed by atoms with E-state index in [9.17, 15) is 13.2 Å². The summed E-state index contributed by atoms with van der Waals surface area (Å²) in [5.41, 5.74) is 1.08. The van der Waals surface area contributed by atoms with Gasteiger partial charge in [0.15, 0.2) is 0 Å². The number of fused-ring (bicyclic) bond motifs is 1.